The molecule has 2 amide bonds. The third-order valence-corrected chi connectivity index (χ3v) is 3.20. The number of aryl methyl sites for hydroxylation is 2. The van der Waals surface area contributed by atoms with Crippen LogP contribution in [0.5, 0.6) is 0 Å². The summed E-state index contributed by atoms with van der Waals surface area (Å²) in [6.07, 6.45) is 0.701. The molecule has 2 rings (SSSR count). The largest absolute Gasteiger partial charge is 0.352 e. The number of alkyl halides is 1. The predicted octanol–water partition coefficient (Wildman–Crippen LogP) is 1.79. The van der Waals surface area contributed by atoms with Gasteiger partial charge in [0, 0.05) is 25.4 Å². The van der Waals surface area contributed by atoms with Crippen LogP contribution in [0.1, 0.15) is 11.4 Å². The van der Waals surface area contributed by atoms with E-state index in [1.807, 2.05) is 25.1 Å². The van der Waals surface area contributed by atoms with Crippen molar-refractivity contribution in [1.29, 1.82) is 0 Å². The number of imidazole rings is 1. The summed E-state index contributed by atoms with van der Waals surface area (Å²) in [5.74, 6) is 1.46. The van der Waals surface area contributed by atoms with Crippen molar-refractivity contribution in [2.24, 2.45) is 5.73 Å². The van der Waals surface area contributed by atoms with Gasteiger partial charge < -0.3 is 15.6 Å². The molecule has 102 valence electrons. The number of nitrogens with zero attached hydrogens (tertiary/aromatic N) is 2. The van der Waals surface area contributed by atoms with Crippen molar-refractivity contribution in [2.45, 2.75) is 19.9 Å². The van der Waals surface area contributed by atoms with Gasteiger partial charge in [-0.2, -0.15) is 0 Å². The van der Waals surface area contributed by atoms with Gasteiger partial charge in [0.1, 0.15) is 5.82 Å². The Morgan fingerprint density at radius 2 is 2.32 bits per heavy atom. The second-order valence-electron chi connectivity index (χ2n) is 4.35. The van der Waals surface area contributed by atoms with Crippen LogP contribution in [0.3, 0.4) is 0 Å². The number of nitrogens with two attached hydrogens (primary N) is 1. The van der Waals surface area contributed by atoms with E-state index in [-0.39, 0.29) is 0 Å². The summed E-state index contributed by atoms with van der Waals surface area (Å²) in [5, 5.41) is 2.59. The number of amides is 2. The third kappa shape index (κ3) is 2.98. The van der Waals surface area contributed by atoms with Crippen LogP contribution < -0.4 is 11.1 Å². The molecule has 0 aliphatic heterocycles. The van der Waals surface area contributed by atoms with Crippen LogP contribution in [0.4, 0.5) is 4.79 Å². The number of fused-ring (bicyclic) bond motifs is 1. The van der Waals surface area contributed by atoms with E-state index in [1.165, 1.54) is 0 Å². The molecule has 0 unspecified atom stereocenters. The summed E-state index contributed by atoms with van der Waals surface area (Å²) in [7, 11) is 0. The highest BCUT2D eigenvalue weighted by Crippen LogP contribution is 2.20. The minimum Gasteiger partial charge on any atom is -0.352 e. The third-order valence-electron chi connectivity index (χ3n) is 3.01. The van der Waals surface area contributed by atoms with Gasteiger partial charge >= 0.3 is 6.03 Å². The fraction of sp³-hybridized carbons (Fsp3) is 0.385. The molecule has 0 saturated carbocycles. The molecule has 0 fully saturated rings. The molecular weight excluding hydrogens is 264 g/mol. The lowest BCUT2D eigenvalue weighted by molar-refractivity contribution is 0.248. The summed E-state index contributed by atoms with van der Waals surface area (Å²) >= 11 is 5.82. The molecule has 0 atom stereocenters. The molecule has 6 heteroatoms. The number of para-hydroxylation sites is 1. The Morgan fingerprint density at radius 3 is 3.00 bits per heavy atom. The van der Waals surface area contributed by atoms with E-state index in [9.17, 15) is 4.79 Å². The van der Waals surface area contributed by atoms with Crippen LogP contribution in [0, 0.1) is 6.92 Å². The maximum absolute atomic E-state index is 10.7. The minimum atomic E-state index is -0.514. The Bertz CT molecular complexity index is 594. The quantitative estimate of drug-likeness (QED) is 0.820. The average Bonchev–Trinajstić information content (AvgIpc) is 2.70. The number of halogens is 1. The standard InChI is InChI=1S/C13H17ClN4O/c1-9-3-2-4-10-12(9)17-11(5-6-14)18(10)8-7-16-13(15)19/h2-4H,5-8H2,1H3,(H3,15,16,19). The van der Waals surface area contributed by atoms with Gasteiger partial charge in [0.2, 0.25) is 0 Å². The number of hydrogen-bond acceptors (Lipinski definition) is 2. The number of primary amides is 1. The lowest BCUT2D eigenvalue weighted by Gasteiger charge is -2.08. The van der Waals surface area contributed by atoms with Gasteiger partial charge in [-0.1, -0.05) is 12.1 Å². The first-order valence-corrected chi connectivity index (χ1v) is 6.71. The van der Waals surface area contributed by atoms with Gasteiger partial charge in [-0.25, -0.2) is 9.78 Å². The number of urea groups is 1. The number of hydrogen-bond donors (Lipinski definition) is 2. The number of carbonyl (C=O) groups excluding carboxylic acids is 1. The molecule has 0 radical (unpaired) electrons. The average molecular weight is 281 g/mol. The molecular formula is C13H17ClN4O. The number of benzene rings is 1. The highest BCUT2D eigenvalue weighted by Gasteiger charge is 2.11. The van der Waals surface area contributed by atoms with Crippen molar-refractivity contribution >= 4 is 28.7 Å². The summed E-state index contributed by atoms with van der Waals surface area (Å²) in [4.78, 5) is 15.4. The Balaban J connectivity index is 2.35. The Kier molecular flexibility index (Phi) is 4.27. The molecule has 0 aliphatic carbocycles. The monoisotopic (exact) mass is 280 g/mol. The summed E-state index contributed by atoms with van der Waals surface area (Å²) in [6.45, 7) is 3.14. The maximum atomic E-state index is 10.7. The highest BCUT2D eigenvalue weighted by molar-refractivity contribution is 6.17. The zero-order chi connectivity index (χ0) is 13.8. The fourth-order valence-corrected chi connectivity index (χ4v) is 2.32. The molecule has 0 bridgehead atoms. The van der Waals surface area contributed by atoms with Crippen molar-refractivity contribution in [3.8, 4) is 0 Å². The number of rotatable bonds is 5. The summed E-state index contributed by atoms with van der Waals surface area (Å²) in [6, 6.07) is 5.55. The normalized spacial score (nSPS) is 10.8. The summed E-state index contributed by atoms with van der Waals surface area (Å²) in [5.41, 5.74) is 8.25. The Hall–Kier alpha value is -1.75. The molecule has 1 heterocycles. The molecule has 2 aromatic rings. The second kappa shape index (κ2) is 5.93. The second-order valence-corrected chi connectivity index (χ2v) is 4.73. The first-order valence-electron chi connectivity index (χ1n) is 6.17. The molecule has 1 aromatic carbocycles. The van der Waals surface area contributed by atoms with Crippen molar-refractivity contribution in [3.63, 3.8) is 0 Å². The molecule has 5 nitrogen and oxygen atoms in total. The lowest BCUT2D eigenvalue weighted by atomic mass is 10.2. The van der Waals surface area contributed by atoms with Crippen LogP contribution in [-0.4, -0.2) is 28.0 Å². The molecule has 3 N–H and O–H groups in total. The fourth-order valence-electron chi connectivity index (χ4n) is 2.15. The van der Waals surface area contributed by atoms with Crippen LogP contribution in [0.2, 0.25) is 0 Å². The molecule has 19 heavy (non-hydrogen) atoms. The Labute approximate surface area is 116 Å². The van der Waals surface area contributed by atoms with Gasteiger partial charge in [-0.15, -0.1) is 11.6 Å². The maximum Gasteiger partial charge on any atom is 0.312 e. The van der Waals surface area contributed by atoms with Crippen LogP contribution >= 0.6 is 11.6 Å². The van der Waals surface area contributed by atoms with Crippen LogP contribution in [0.15, 0.2) is 18.2 Å². The molecule has 0 saturated heterocycles. The molecule has 0 spiro atoms. The highest BCUT2D eigenvalue weighted by atomic mass is 35.5. The van der Waals surface area contributed by atoms with Crippen LogP contribution in [0.25, 0.3) is 11.0 Å². The van der Waals surface area contributed by atoms with Gasteiger partial charge in [-0.05, 0) is 18.6 Å². The van der Waals surface area contributed by atoms with E-state index in [1.54, 1.807) is 0 Å². The number of carbonyl (C=O) groups is 1. The van der Waals surface area contributed by atoms with E-state index in [4.69, 9.17) is 17.3 Å². The topological polar surface area (TPSA) is 72.9 Å². The van der Waals surface area contributed by atoms with E-state index >= 15 is 0 Å². The first-order chi connectivity index (χ1) is 9.13. The van der Waals surface area contributed by atoms with Crippen molar-refractivity contribution < 1.29 is 4.79 Å². The smallest absolute Gasteiger partial charge is 0.312 e. The predicted molar refractivity (Wildman–Crippen MR) is 76.5 cm³/mol. The molecule has 0 aliphatic rings. The van der Waals surface area contributed by atoms with Gasteiger partial charge in [-0.3, -0.25) is 0 Å². The van der Waals surface area contributed by atoms with Crippen molar-refractivity contribution in [3.05, 3.63) is 29.6 Å². The molecule has 1 aromatic heterocycles. The van der Waals surface area contributed by atoms with Crippen molar-refractivity contribution in [2.75, 3.05) is 12.4 Å². The first kappa shape index (κ1) is 13.7. The summed E-state index contributed by atoms with van der Waals surface area (Å²) < 4.78 is 2.08. The van der Waals surface area contributed by atoms with Gasteiger partial charge in [0.15, 0.2) is 0 Å². The van der Waals surface area contributed by atoms with Crippen LogP contribution in [-0.2, 0) is 13.0 Å². The van der Waals surface area contributed by atoms with Gasteiger partial charge in [0.05, 0.1) is 11.0 Å². The Morgan fingerprint density at radius 1 is 1.53 bits per heavy atom. The van der Waals surface area contributed by atoms with E-state index in [0.29, 0.717) is 25.4 Å². The lowest BCUT2D eigenvalue weighted by Crippen LogP contribution is -2.32. The minimum absolute atomic E-state index is 0.476. The van der Waals surface area contributed by atoms with E-state index in [0.717, 1.165) is 22.4 Å². The van der Waals surface area contributed by atoms with Gasteiger partial charge in [0.25, 0.3) is 0 Å². The SMILES string of the molecule is Cc1cccc2c1nc(CCCl)n2CCNC(N)=O. The van der Waals surface area contributed by atoms with E-state index < -0.39 is 6.03 Å². The zero-order valence-corrected chi connectivity index (χ0v) is 11.6. The number of aromatic nitrogens is 2. The van der Waals surface area contributed by atoms with E-state index in [2.05, 4.69) is 14.9 Å². The zero-order valence-electron chi connectivity index (χ0n) is 10.8. The van der Waals surface area contributed by atoms with Crippen molar-refractivity contribution in [1.82, 2.24) is 14.9 Å². The number of nitrogens with one attached hydrogen (secondary N) is 1.